The molecule has 2 aliphatic carbocycles. The maximum atomic E-state index is 13.7. The number of halogens is 1. The van der Waals surface area contributed by atoms with Gasteiger partial charge in [0.25, 0.3) is 0 Å². The molecule has 1 aromatic carbocycles. The molecule has 0 bridgehead atoms. The van der Waals surface area contributed by atoms with Gasteiger partial charge in [-0.1, -0.05) is 18.9 Å². The molecule has 98 valence electrons. The van der Waals surface area contributed by atoms with Crippen LogP contribution < -0.4 is 10.5 Å². The van der Waals surface area contributed by atoms with E-state index in [4.69, 9.17) is 10.5 Å². The van der Waals surface area contributed by atoms with Gasteiger partial charge in [-0.3, -0.25) is 0 Å². The van der Waals surface area contributed by atoms with Gasteiger partial charge in [-0.25, -0.2) is 4.39 Å². The Balaban J connectivity index is 1.79. The minimum atomic E-state index is -0.269. The first-order valence-corrected chi connectivity index (χ1v) is 6.80. The van der Waals surface area contributed by atoms with Crippen LogP contribution in [-0.2, 0) is 0 Å². The van der Waals surface area contributed by atoms with Crippen LogP contribution in [0, 0.1) is 18.2 Å². The van der Waals surface area contributed by atoms with Gasteiger partial charge in [0, 0.05) is 17.9 Å². The Hall–Kier alpha value is -1.09. The van der Waals surface area contributed by atoms with Crippen molar-refractivity contribution in [1.29, 1.82) is 0 Å². The summed E-state index contributed by atoms with van der Waals surface area (Å²) in [6, 6.07) is 5.25. The minimum absolute atomic E-state index is 0.103. The molecule has 2 N–H and O–H groups in total. The highest BCUT2D eigenvalue weighted by atomic mass is 19.1. The molecule has 2 saturated carbocycles. The van der Waals surface area contributed by atoms with E-state index in [0.29, 0.717) is 5.75 Å². The van der Waals surface area contributed by atoms with Crippen molar-refractivity contribution in [2.24, 2.45) is 11.1 Å². The number of hydrogen-bond donors (Lipinski definition) is 1. The van der Waals surface area contributed by atoms with Crippen LogP contribution in [0.2, 0.25) is 0 Å². The predicted molar refractivity (Wildman–Crippen MR) is 69.0 cm³/mol. The molecular formula is C15H20FNO. The highest BCUT2D eigenvalue weighted by molar-refractivity contribution is 5.30. The third kappa shape index (κ3) is 1.72. The SMILES string of the molecule is Cc1ccc(F)c(OC2CC(N)C23CCCC3)c1. The lowest BCUT2D eigenvalue weighted by Gasteiger charge is -2.52. The van der Waals surface area contributed by atoms with Crippen molar-refractivity contribution in [1.82, 2.24) is 0 Å². The molecule has 2 fully saturated rings. The summed E-state index contributed by atoms with van der Waals surface area (Å²) in [5, 5.41) is 0. The van der Waals surface area contributed by atoms with Gasteiger partial charge in [-0.15, -0.1) is 0 Å². The Labute approximate surface area is 107 Å². The standard InChI is InChI=1S/C15H20FNO/c1-10-4-5-11(16)12(8-10)18-14-9-13(17)15(14)6-2-3-7-15/h4-5,8,13-14H,2-3,6-7,9,17H2,1H3. The van der Waals surface area contributed by atoms with Crippen LogP contribution in [0.5, 0.6) is 5.75 Å². The van der Waals surface area contributed by atoms with Gasteiger partial charge in [0.05, 0.1) is 0 Å². The van der Waals surface area contributed by atoms with Crippen LogP contribution >= 0.6 is 0 Å². The third-order valence-corrected chi connectivity index (χ3v) is 4.74. The monoisotopic (exact) mass is 249 g/mol. The van der Waals surface area contributed by atoms with Crippen molar-refractivity contribution in [3.05, 3.63) is 29.6 Å². The smallest absolute Gasteiger partial charge is 0.165 e. The van der Waals surface area contributed by atoms with Crippen molar-refractivity contribution < 1.29 is 9.13 Å². The number of rotatable bonds is 2. The fourth-order valence-corrected chi connectivity index (χ4v) is 3.52. The van der Waals surface area contributed by atoms with Gasteiger partial charge < -0.3 is 10.5 Å². The highest BCUT2D eigenvalue weighted by Crippen LogP contribution is 2.53. The lowest BCUT2D eigenvalue weighted by Crippen LogP contribution is -2.62. The van der Waals surface area contributed by atoms with Crippen molar-refractivity contribution in [2.75, 3.05) is 0 Å². The Bertz CT molecular complexity index is 454. The number of aryl methyl sites for hydroxylation is 1. The number of nitrogens with two attached hydrogens (primary N) is 1. The number of ether oxygens (including phenoxy) is 1. The maximum absolute atomic E-state index is 13.7. The normalized spacial score (nSPS) is 29.3. The van der Waals surface area contributed by atoms with Crippen LogP contribution in [0.1, 0.15) is 37.7 Å². The van der Waals surface area contributed by atoms with Crippen LogP contribution in [0.4, 0.5) is 4.39 Å². The van der Waals surface area contributed by atoms with E-state index in [1.165, 1.54) is 18.9 Å². The molecule has 2 nitrogen and oxygen atoms in total. The second kappa shape index (κ2) is 4.23. The summed E-state index contributed by atoms with van der Waals surface area (Å²) < 4.78 is 19.6. The minimum Gasteiger partial charge on any atom is -0.487 e. The first kappa shape index (κ1) is 12.0. The van der Waals surface area contributed by atoms with Crippen molar-refractivity contribution in [3.63, 3.8) is 0 Å². The molecule has 3 heteroatoms. The quantitative estimate of drug-likeness (QED) is 0.873. The van der Waals surface area contributed by atoms with Crippen molar-refractivity contribution in [3.8, 4) is 5.75 Å². The molecule has 0 saturated heterocycles. The largest absolute Gasteiger partial charge is 0.487 e. The van der Waals surface area contributed by atoms with Gasteiger partial charge >= 0.3 is 0 Å². The molecular weight excluding hydrogens is 229 g/mol. The first-order valence-electron chi connectivity index (χ1n) is 6.80. The van der Waals surface area contributed by atoms with Crippen LogP contribution in [0.3, 0.4) is 0 Å². The average molecular weight is 249 g/mol. The fraction of sp³-hybridized carbons (Fsp3) is 0.600. The summed E-state index contributed by atoms with van der Waals surface area (Å²) in [4.78, 5) is 0. The van der Waals surface area contributed by atoms with Crippen molar-refractivity contribution >= 4 is 0 Å². The number of benzene rings is 1. The average Bonchev–Trinajstić information content (AvgIpc) is 2.85. The third-order valence-electron chi connectivity index (χ3n) is 4.74. The molecule has 1 spiro atoms. The molecule has 2 unspecified atom stereocenters. The zero-order valence-corrected chi connectivity index (χ0v) is 10.8. The van der Waals surface area contributed by atoms with Gasteiger partial charge in [-0.05, 0) is 37.5 Å². The van der Waals surface area contributed by atoms with Gasteiger partial charge in [-0.2, -0.15) is 0 Å². The van der Waals surface area contributed by atoms with E-state index in [9.17, 15) is 4.39 Å². The molecule has 0 amide bonds. The lowest BCUT2D eigenvalue weighted by atomic mass is 9.61. The summed E-state index contributed by atoms with van der Waals surface area (Å²) in [7, 11) is 0. The van der Waals surface area contributed by atoms with E-state index in [0.717, 1.165) is 24.8 Å². The fourth-order valence-electron chi connectivity index (χ4n) is 3.52. The Kier molecular flexibility index (Phi) is 2.81. The zero-order valence-electron chi connectivity index (χ0n) is 10.8. The molecule has 0 aromatic heterocycles. The van der Waals surface area contributed by atoms with E-state index < -0.39 is 0 Å². The van der Waals surface area contributed by atoms with E-state index in [1.54, 1.807) is 12.1 Å². The Morgan fingerprint density at radius 2 is 2.06 bits per heavy atom. The van der Waals surface area contributed by atoms with E-state index in [1.807, 2.05) is 6.92 Å². The van der Waals surface area contributed by atoms with Gasteiger partial charge in [0.1, 0.15) is 6.10 Å². The summed E-state index contributed by atoms with van der Waals surface area (Å²) in [6.07, 6.45) is 5.67. The van der Waals surface area contributed by atoms with Crippen LogP contribution in [-0.4, -0.2) is 12.1 Å². The van der Waals surface area contributed by atoms with E-state index in [2.05, 4.69) is 0 Å². The van der Waals surface area contributed by atoms with E-state index >= 15 is 0 Å². The molecule has 0 heterocycles. The maximum Gasteiger partial charge on any atom is 0.165 e. The van der Waals surface area contributed by atoms with Crippen LogP contribution in [0.15, 0.2) is 18.2 Å². The summed E-state index contributed by atoms with van der Waals surface area (Å²) in [6.45, 7) is 1.95. The second-order valence-electron chi connectivity index (χ2n) is 5.82. The molecule has 18 heavy (non-hydrogen) atoms. The summed E-state index contributed by atoms with van der Waals surface area (Å²) in [5.74, 6) is 0.118. The first-order chi connectivity index (χ1) is 8.62. The topological polar surface area (TPSA) is 35.2 Å². The highest BCUT2D eigenvalue weighted by Gasteiger charge is 2.56. The molecule has 1 aromatic rings. The van der Waals surface area contributed by atoms with E-state index in [-0.39, 0.29) is 23.4 Å². The van der Waals surface area contributed by atoms with Gasteiger partial charge in [0.15, 0.2) is 11.6 Å². The number of hydrogen-bond acceptors (Lipinski definition) is 2. The Morgan fingerprint density at radius 1 is 1.33 bits per heavy atom. The second-order valence-corrected chi connectivity index (χ2v) is 5.82. The lowest BCUT2D eigenvalue weighted by molar-refractivity contribution is -0.0636. The van der Waals surface area contributed by atoms with Crippen molar-refractivity contribution in [2.45, 2.75) is 51.2 Å². The zero-order chi connectivity index (χ0) is 12.8. The molecule has 0 radical (unpaired) electrons. The summed E-state index contributed by atoms with van der Waals surface area (Å²) >= 11 is 0. The van der Waals surface area contributed by atoms with Crippen LogP contribution in [0.25, 0.3) is 0 Å². The summed E-state index contributed by atoms with van der Waals surface area (Å²) in [5.41, 5.74) is 7.30. The molecule has 2 atom stereocenters. The predicted octanol–water partition coefficient (Wildman–Crippen LogP) is 3.17. The molecule has 3 rings (SSSR count). The molecule has 0 aliphatic heterocycles. The van der Waals surface area contributed by atoms with Gasteiger partial charge in [0.2, 0.25) is 0 Å². The molecule has 2 aliphatic rings. The Morgan fingerprint density at radius 3 is 2.72 bits per heavy atom.